The first kappa shape index (κ1) is 21.9. The molecule has 0 heterocycles. The van der Waals surface area contributed by atoms with E-state index >= 15 is 0 Å². The fraction of sp³-hybridized carbons (Fsp3) is 0.750. The summed E-state index contributed by atoms with van der Waals surface area (Å²) in [5, 5.41) is 18.3. The average molecular weight is 325 g/mol. The number of rotatable bonds is 16. The molecule has 0 aliphatic rings. The van der Waals surface area contributed by atoms with E-state index in [4.69, 9.17) is 5.11 Å². The Morgan fingerprint density at radius 2 is 1.48 bits per heavy atom. The molecule has 0 saturated carbocycles. The third-order valence-corrected chi connectivity index (χ3v) is 3.92. The molecule has 0 aromatic rings. The summed E-state index contributed by atoms with van der Waals surface area (Å²) in [4.78, 5) is 10.4. The summed E-state index contributed by atoms with van der Waals surface area (Å²) in [6, 6.07) is 0. The van der Waals surface area contributed by atoms with Gasteiger partial charge in [0.2, 0.25) is 0 Å². The maximum Gasteiger partial charge on any atom is 0.303 e. The highest BCUT2D eigenvalue weighted by Crippen LogP contribution is 2.11. The first-order chi connectivity index (χ1) is 11.2. The van der Waals surface area contributed by atoms with Gasteiger partial charge in [0.15, 0.2) is 0 Å². The van der Waals surface area contributed by atoms with Gasteiger partial charge in [-0.25, -0.2) is 0 Å². The lowest BCUT2D eigenvalue weighted by Crippen LogP contribution is -2.07. The van der Waals surface area contributed by atoms with Crippen molar-refractivity contribution in [3.05, 3.63) is 24.3 Å². The number of allylic oxidation sites excluding steroid dienone is 4. The Morgan fingerprint density at radius 3 is 2.09 bits per heavy atom. The van der Waals surface area contributed by atoms with Crippen LogP contribution in [0.4, 0.5) is 0 Å². The third kappa shape index (κ3) is 18.9. The number of hydrogen-bond acceptors (Lipinski definition) is 2. The fourth-order valence-electron chi connectivity index (χ4n) is 2.47. The Balaban J connectivity index is 3.31. The molecule has 0 unspecified atom stereocenters. The molecule has 0 bridgehead atoms. The van der Waals surface area contributed by atoms with E-state index in [-0.39, 0.29) is 12.5 Å². The van der Waals surface area contributed by atoms with E-state index < -0.39 is 5.97 Å². The number of carboxylic acid groups (broad SMARTS) is 1. The van der Waals surface area contributed by atoms with Crippen molar-refractivity contribution >= 4 is 5.97 Å². The summed E-state index contributed by atoms with van der Waals surface area (Å²) in [5.41, 5.74) is 0. The van der Waals surface area contributed by atoms with E-state index in [2.05, 4.69) is 31.2 Å². The van der Waals surface area contributed by atoms with Crippen molar-refractivity contribution in [2.75, 3.05) is 0 Å². The van der Waals surface area contributed by atoms with Gasteiger partial charge in [0.1, 0.15) is 0 Å². The second kappa shape index (κ2) is 17.3. The molecule has 0 aromatic carbocycles. The molecule has 2 N–H and O–H groups in total. The standard InChI is InChI=1S/C20H36O3/c1-2-3-4-5-6-7-8-9-10-11-12-13-14-16-19(21)17-15-18-20(22)23/h6-7,9-10,19,21H,2-5,8,11-18H2,1H3,(H,22,23)/b7-6-,10-9-/t19-/m1/s1. The van der Waals surface area contributed by atoms with E-state index in [0.29, 0.717) is 12.8 Å². The number of carboxylic acids is 1. The van der Waals surface area contributed by atoms with Crippen molar-refractivity contribution in [3.8, 4) is 0 Å². The summed E-state index contributed by atoms with van der Waals surface area (Å²) in [6.07, 6.45) is 21.4. The number of aliphatic hydroxyl groups excluding tert-OH is 1. The molecular weight excluding hydrogens is 288 g/mol. The van der Waals surface area contributed by atoms with E-state index in [9.17, 15) is 9.90 Å². The molecule has 3 nitrogen and oxygen atoms in total. The Hall–Kier alpha value is -1.09. The normalized spacial score (nSPS) is 13.1. The van der Waals surface area contributed by atoms with Crippen molar-refractivity contribution in [1.82, 2.24) is 0 Å². The highest BCUT2D eigenvalue weighted by atomic mass is 16.4. The van der Waals surface area contributed by atoms with Crippen LogP contribution in [0.1, 0.15) is 90.4 Å². The molecule has 23 heavy (non-hydrogen) atoms. The van der Waals surface area contributed by atoms with Crippen LogP contribution >= 0.6 is 0 Å². The average Bonchev–Trinajstić information content (AvgIpc) is 2.51. The lowest BCUT2D eigenvalue weighted by atomic mass is 10.0. The van der Waals surface area contributed by atoms with Gasteiger partial charge in [-0.3, -0.25) is 4.79 Å². The van der Waals surface area contributed by atoms with Crippen molar-refractivity contribution < 1.29 is 15.0 Å². The van der Waals surface area contributed by atoms with Crippen LogP contribution in [0.25, 0.3) is 0 Å². The van der Waals surface area contributed by atoms with E-state index in [1.807, 2.05) is 0 Å². The lowest BCUT2D eigenvalue weighted by molar-refractivity contribution is -0.137. The van der Waals surface area contributed by atoms with Crippen LogP contribution in [-0.4, -0.2) is 22.3 Å². The summed E-state index contributed by atoms with van der Waals surface area (Å²) in [7, 11) is 0. The van der Waals surface area contributed by atoms with Crippen molar-refractivity contribution in [2.24, 2.45) is 0 Å². The number of aliphatic hydroxyl groups is 1. The molecule has 134 valence electrons. The second-order valence-corrected chi connectivity index (χ2v) is 6.25. The quantitative estimate of drug-likeness (QED) is 0.285. The van der Waals surface area contributed by atoms with Gasteiger partial charge in [-0.15, -0.1) is 0 Å². The number of unbranched alkanes of at least 4 members (excludes halogenated alkanes) is 6. The zero-order valence-electron chi connectivity index (χ0n) is 14.9. The molecule has 0 amide bonds. The summed E-state index contributed by atoms with van der Waals surface area (Å²) < 4.78 is 0. The van der Waals surface area contributed by atoms with Gasteiger partial charge in [0, 0.05) is 6.42 Å². The van der Waals surface area contributed by atoms with Gasteiger partial charge in [-0.2, -0.15) is 0 Å². The van der Waals surface area contributed by atoms with Crippen LogP contribution in [0.3, 0.4) is 0 Å². The van der Waals surface area contributed by atoms with Crippen LogP contribution in [0.5, 0.6) is 0 Å². The molecule has 0 fully saturated rings. The monoisotopic (exact) mass is 324 g/mol. The van der Waals surface area contributed by atoms with Crippen LogP contribution in [0.2, 0.25) is 0 Å². The van der Waals surface area contributed by atoms with Gasteiger partial charge in [-0.05, 0) is 51.4 Å². The maximum atomic E-state index is 10.4. The minimum Gasteiger partial charge on any atom is -0.481 e. The minimum atomic E-state index is -0.778. The Morgan fingerprint density at radius 1 is 0.870 bits per heavy atom. The van der Waals surface area contributed by atoms with Crippen molar-refractivity contribution in [2.45, 2.75) is 96.5 Å². The molecule has 0 rings (SSSR count). The molecule has 0 spiro atoms. The molecule has 1 atom stereocenters. The highest BCUT2D eigenvalue weighted by Gasteiger charge is 2.05. The highest BCUT2D eigenvalue weighted by molar-refractivity contribution is 5.66. The number of carbonyl (C=O) groups is 1. The molecule has 3 heteroatoms. The van der Waals surface area contributed by atoms with Crippen LogP contribution in [-0.2, 0) is 4.79 Å². The van der Waals surface area contributed by atoms with E-state index in [0.717, 1.165) is 32.1 Å². The molecule has 0 saturated heterocycles. The Bertz CT molecular complexity index is 321. The van der Waals surface area contributed by atoms with E-state index in [1.165, 1.54) is 32.1 Å². The second-order valence-electron chi connectivity index (χ2n) is 6.25. The first-order valence-electron chi connectivity index (χ1n) is 9.36. The van der Waals surface area contributed by atoms with Gasteiger partial charge in [0.25, 0.3) is 0 Å². The lowest BCUT2D eigenvalue weighted by Gasteiger charge is -2.08. The molecule has 0 radical (unpaired) electrons. The predicted molar refractivity (Wildman–Crippen MR) is 97.6 cm³/mol. The fourth-order valence-corrected chi connectivity index (χ4v) is 2.47. The largest absolute Gasteiger partial charge is 0.481 e. The van der Waals surface area contributed by atoms with Crippen molar-refractivity contribution in [3.63, 3.8) is 0 Å². The predicted octanol–water partition coefficient (Wildman–Crippen LogP) is 5.64. The zero-order valence-corrected chi connectivity index (χ0v) is 14.9. The Labute approximate surface area is 142 Å². The number of aliphatic carboxylic acids is 1. The summed E-state index contributed by atoms with van der Waals surface area (Å²) in [5.74, 6) is -0.778. The molecular formula is C20H36O3. The van der Waals surface area contributed by atoms with Crippen LogP contribution < -0.4 is 0 Å². The smallest absolute Gasteiger partial charge is 0.303 e. The van der Waals surface area contributed by atoms with Crippen molar-refractivity contribution in [1.29, 1.82) is 0 Å². The molecule has 0 aliphatic heterocycles. The molecule has 0 aromatic heterocycles. The van der Waals surface area contributed by atoms with Gasteiger partial charge < -0.3 is 10.2 Å². The SMILES string of the molecule is CCCCC/C=C\C/C=C\CCCCC[C@@H](O)CCCC(=O)O. The summed E-state index contributed by atoms with van der Waals surface area (Å²) >= 11 is 0. The van der Waals surface area contributed by atoms with Gasteiger partial charge in [-0.1, -0.05) is 56.9 Å². The van der Waals surface area contributed by atoms with Gasteiger partial charge >= 0.3 is 5.97 Å². The number of hydrogen-bond donors (Lipinski definition) is 2. The summed E-state index contributed by atoms with van der Waals surface area (Å²) in [6.45, 7) is 2.23. The van der Waals surface area contributed by atoms with Crippen LogP contribution in [0.15, 0.2) is 24.3 Å². The van der Waals surface area contributed by atoms with E-state index in [1.54, 1.807) is 0 Å². The maximum absolute atomic E-state index is 10.4. The minimum absolute atomic E-state index is 0.162. The zero-order chi connectivity index (χ0) is 17.2. The Kier molecular flexibility index (Phi) is 16.4. The third-order valence-electron chi connectivity index (χ3n) is 3.92. The first-order valence-corrected chi connectivity index (χ1v) is 9.36. The molecule has 0 aliphatic carbocycles. The van der Waals surface area contributed by atoms with Crippen LogP contribution in [0, 0.1) is 0 Å². The van der Waals surface area contributed by atoms with Gasteiger partial charge in [0.05, 0.1) is 6.10 Å². The topological polar surface area (TPSA) is 57.5 Å².